The highest BCUT2D eigenvalue weighted by Gasteiger charge is 2.71. The molecule has 0 radical (unpaired) electrons. The molecule has 76 valence electrons. The van der Waals surface area contributed by atoms with Crippen LogP contribution in [0.1, 0.15) is 40.5 Å². The molecule has 0 amide bonds. The molecule has 0 aromatic carbocycles. The van der Waals surface area contributed by atoms with Gasteiger partial charge in [-0.1, -0.05) is 20.8 Å². The Morgan fingerprint density at radius 1 is 1.15 bits per heavy atom. The average Bonchev–Trinajstić information content (AvgIpc) is 2.26. The number of hydrogen-bond donors (Lipinski definition) is 2. The van der Waals surface area contributed by atoms with Crippen molar-refractivity contribution >= 4 is 0 Å². The van der Waals surface area contributed by atoms with E-state index in [1.165, 1.54) is 0 Å². The number of fused-ring (bicyclic) bond motifs is 2. The van der Waals surface area contributed by atoms with E-state index >= 15 is 0 Å². The van der Waals surface area contributed by atoms with Gasteiger partial charge in [0, 0.05) is 5.41 Å². The minimum absolute atomic E-state index is 0.0654. The van der Waals surface area contributed by atoms with E-state index in [9.17, 15) is 10.2 Å². The lowest BCUT2D eigenvalue weighted by molar-refractivity contribution is -0.134. The molecular formula is C11H20O2. The first-order valence-electron chi connectivity index (χ1n) is 5.15. The Bertz CT molecular complexity index is 234. The van der Waals surface area contributed by atoms with Gasteiger partial charge in [-0.25, -0.2) is 0 Å². The second-order valence-corrected chi connectivity index (χ2v) is 5.79. The largest absolute Gasteiger partial charge is 0.390 e. The molecule has 2 heteroatoms. The minimum atomic E-state index is -0.903. The fraction of sp³-hybridized carbons (Fsp3) is 1.00. The highest BCUT2D eigenvalue weighted by atomic mass is 16.3. The molecule has 4 atom stereocenters. The molecule has 0 aromatic rings. The maximum atomic E-state index is 10.3. The Labute approximate surface area is 80.0 Å². The summed E-state index contributed by atoms with van der Waals surface area (Å²) in [6, 6.07) is 0. The first-order valence-corrected chi connectivity index (χ1v) is 5.15. The van der Waals surface area contributed by atoms with Crippen molar-refractivity contribution in [2.24, 2.45) is 16.7 Å². The van der Waals surface area contributed by atoms with Crippen molar-refractivity contribution < 1.29 is 10.2 Å². The van der Waals surface area contributed by atoms with Crippen LogP contribution >= 0.6 is 0 Å². The van der Waals surface area contributed by atoms with Gasteiger partial charge in [-0.3, -0.25) is 0 Å². The third-order valence-electron chi connectivity index (χ3n) is 5.38. The van der Waals surface area contributed by atoms with Gasteiger partial charge < -0.3 is 10.2 Å². The van der Waals surface area contributed by atoms with E-state index < -0.39 is 11.7 Å². The quantitative estimate of drug-likeness (QED) is 0.599. The molecule has 2 N–H and O–H groups in total. The van der Waals surface area contributed by atoms with Crippen LogP contribution in [0.3, 0.4) is 0 Å². The topological polar surface area (TPSA) is 40.5 Å². The predicted octanol–water partition coefficient (Wildman–Crippen LogP) is 1.55. The summed E-state index contributed by atoms with van der Waals surface area (Å²) in [6.07, 6.45) is 1.55. The van der Waals surface area contributed by atoms with E-state index in [2.05, 4.69) is 20.8 Å². The van der Waals surface area contributed by atoms with Gasteiger partial charge in [0.25, 0.3) is 0 Å². The Balaban J connectivity index is 2.53. The molecule has 2 rings (SSSR count). The van der Waals surface area contributed by atoms with E-state index in [0.717, 1.165) is 12.8 Å². The Kier molecular flexibility index (Phi) is 1.54. The highest BCUT2D eigenvalue weighted by Crippen LogP contribution is 2.69. The Morgan fingerprint density at radius 3 is 1.92 bits per heavy atom. The average molecular weight is 184 g/mol. The fourth-order valence-corrected chi connectivity index (χ4v) is 3.71. The monoisotopic (exact) mass is 184 g/mol. The first-order chi connectivity index (χ1) is 5.75. The summed E-state index contributed by atoms with van der Waals surface area (Å²) < 4.78 is 0. The van der Waals surface area contributed by atoms with E-state index in [-0.39, 0.29) is 16.7 Å². The van der Waals surface area contributed by atoms with E-state index in [1.54, 1.807) is 6.92 Å². The van der Waals surface area contributed by atoms with Crippen molar-refractivity contribution in [2.75, 3.05) is 0 Å². The van der Waals surface area contributed by atoms with Crippen LogP contribution < -0.4 is 0 Å². The van der Waals surface area contributed by atoms with E-state index in [1.807, 2.05) is 0 Å². The van der Waals surface area contributed by atoms with Crippen molar-refractivity contribution in [2.45, 2.75) is 52.2 Å². The Hall–Kier alpha value is -0.0800. The summed E-state index contributed by atoms with van der Waals surface area (Å²) in [5.41, 5.74) is -0.959. The summed E-state index contributed by atoms with van der Waals surface area (Å²) >= 11 is 0. The van der Waals surface area contributed by atoms with Crippen molar-refractivity contribution in [1.82, 2.24) is 0 Å². The normalized spacial score (nSPS) is 58.6. The second kappa shape index (κ2) is 2.12. The molecule has 0 aromatic heterocycles. The lowest BCUT2D eigenvalue weighted by Crippen LogP contribution is -2.51. The van der Waals surface area contributed by atoms with Crippen LogP contribution in [0.2, 0.25) is 0 Å². The molecule has 0 aliphatic heterocycles. The summed E-state index contributed by atoms with van der Waals surface area (Å²) in [4.78, 5) is 0. The summed E-state index contributed by atoms with van der Waals surface area (Å²) in [6.45, 7) is 8.26. The summed E-state index contributed by atoms with van der Waals surface area (Å²) in [5.74, 6) is 0.271. The molecular weight excluding hydrogens is 164 g/mol. The number of aliphatic hydroxyl groups is 2. The molecule has 0 unspecified atom stereocenters. The zero-order valence-corrected chi connectivity index (χ0v) is 8.96. The molecule has 2 aliphatic rings. The third kappa shape index (κ3) is 0.736. The van der Waals surface area contributed by atoms with Gasteiger partial charge in [0.1, 0.15) is 0 Å². The third-order valence-corrected chi connectivity index (χ3v) is 5.38. The van der Waals surface area contributed by atoms with Gasteiger partial charge in [-0.2, -0.15) is 0 Å². The zero-order valence-electron chi connectivity index (χ0n) is 8.96. The molecule has 2 aliphatic carbocycles. The van der Waals surface area contributed by atoms with Crippen LogP contribution in [0.5, 0.6) is 0 Å². The maximum Gasteiger partial charge on any atom is 0.0938 e. The van der Waals surface area contributed by atoms with Crippen LogP contribution in [0.15, 0.2) is 0 Å². The molecule has 0 saturated heterocycles. The van der Waals surface area contributed by atoms with Crippen LogP contribution in [0.4, 0.5) is 0 Å². The second-order valence-electron chi connectivity index (χ2n) is 5.79. The number of rotatable bonds is 0. The first kappa shape index (κ1) is 9.47. The van der Waals surface area contributed by atoms with E-state index in [4.69, 9.17) is 0 Å². The van der Waals surface area contributed by atoms with Gasteiger partial charge in [-0.05, 0) is 31.1 Å². The van der Waals surface area contributed by atoms with E-state index in [0.29, 0.717) is 0 Å². The lowest BCUT2D eigenvalue weighted by Gasteiger charge is -2.44. The van der Waals surface area contributed by atoms with Gasteiger partial charge in [0.15, 0.2) is 0 Å². The SMILES string of the molecule is CC1(C)[C@H]2CC[C@@]1(C)[C@@](C)(O)[C@H]2O. The summed E-state index contributed by atoms with van der Waals surface area (Å²) in [5, 5.41) is 20.3. The molecule has 13 heavy (non-hydrogen) atoms. The Morgan fingerprint density at radius 2 is 1.69 bits per heavy atom. The number of aliphatic hydroxyl groups excluding tert-OH is 1. The predicted molar refractivity (Wildman–Crippen MR) is 51.2 cm³/mol. The zero-order chi connectivity index (χ0) is 10.1. The van der Waals surface area contributed by atoms with Crippen LogP contribution in [-0.2, 0) is 0 Å². The standard InChI is InChI=1S/C11H20O2/c1-9(2)7-5-6-10(9,3)11(4,13)8(7)12/h7-8,12-13H,5-6H2,1-4H3/t7-,8-,10+,11-/m0/s1. The van der Waals surface area contributed by atoms with Crippen molar-refractivity contribution in [3.05, 3.63) is 0 Å². The van der Waals surface area contributed by atoms with Crippen LogP contribution in [0, 0.1) is 16.7 Å². The van der Waals surface area contributed by atoms with Crippen molar-refractivity contribution in [1.29, 1.82) is 0 Å². The lowest BCUT2D eigenvalue weighted by atomic mass is 9.65. The van der Waals surface area contributed by atoms with Gasteiger partial charge >= 0.3 is 0 Å². The van der Waals surface area contributed by atoms with Gasteiger partial charge in [0.2, 0.25) is 0 Å². The molecule has 2 saturated carbocycles. The number of hydrogen-bond acceptors (Lipinski definition) is 2. The summed E-state index contributed by atoms with van der Waals surface area (Å²) in [7, 11) is 0. The van der Waals surface area contributed by atoms with Crippen molar-refractivity contribution in [3.63, 3.8) is 0 Å². The van der Waals surface area contributed by atoms with Gasteiger partial charge in [-0.15, -0.1) is 0 Å². The molecule has 0 heterocycles. The molecule has 2 fully saturated rings. The minimum Gasteiger partial charge on any atom is -0.390 e. The van der Waals surface area contributed by atoms with Gasteiger partial charge in [0.05, 0.1) is 11.7 Å². The highest BCUT2D eigenvalue weighted by molar-refractivity contribution is 5.20. The fourth-order valence-electron chi connectivity index (χ4n) is 3.71. The smallest absolute Gasteiger partial charge is 0.0938 e. The molecule has 0 spiro atoms. The molecule has 2 bridgehead atoms. The van der Waals surface area contributed by atoms with Crippen LogP contribution in [0.25, 0.3) is 0 Å². The van der Waals surface area contributed by atoms with Crippen LogP contribution in [-0.4, -0.2) is 21.9 Å². The molecule has 2 nitrogen and oxygen atoms in total. The van der Waals surface area contributed by atoms with Crippen molar-refractivity contribution in [3.8, 4) is 0 Å². The maximum absolute atomic E-state index is 10.3.